The fourth-order valence-corrected chi connectivity index (χ4v) is 9.06. The molecule has 0 saturated heterocycles. The van der Waals surface area contributed by atoms with Crippen LogP contribution in [0.3, 0.4) is 0 Å². The number of aryl methyl sites for hydroxylation is 1. The Hall–Kier alpha value is -3.09. The smallest absolute Gasteiger partial charge is 0.397 e. The second-order valence-electron chi connectivity index (χ2n) is 13.1. The standard InChI is InChI=1S/C35H43ClF3N3O5S/c1-4-24-20-42-21-34(15-8-9-25-17-27(36)12-13-28(25)34)22-47-31-14-11-26(18-29(31)42)33(44)41-48(45,40-32(43)19-35(37,38)39)16-7-5-6-10-30(46-3)23(24)2/h6,10-14,17-18,23-24,30H,4-5,7-9,15-16,19-22H2,1-3H3,(H,40,41,43,44,45)/b10-6-/t23-,24+,30+,34+,48?/m1/s1. The summed E-state index contributed by atoms with van der Waals surface area (Å²) < 4.78 is 70.9. The molecule has 5 rings (SSSR count). The van der Waals surface area contributed by atoms with Crippen molar-refractivity contribution in [1.82, 2.24) is 4.72 Å². The Morgan fingerprint density at radius 1 is 1.23 bits per heavy atom. The number of rotatable bonds is 4. The molecule has 1 aliphatic carbocycles. The van der Waals surface area contributed by atoms with Crippen LogP contribution in [0.5, 0.6) is 5.75 Å². The molecule has 1 spiro atoms. The summed E-state index contributed by atoms with van der Waals surface area (Å²) in [7, 11) is -2.22. The lowest BCUT2D eigenvalue weighted by Crippen LogP contribution is -2.47. The molecule has 2 aromatic rings. The third kappa shape index (κ3) is 8.37. The van der Waals surface area contributed by atoms with E-state index in [1.165, 1.54) is 17.2 Å². The topological polar surface area (TPSA) is 97.3 Å². The maximum atomic E-state index is 13.8. The highest BCUT2D eigenvalue weighted by Crippen LogP contribution is 2.45. The fourth-order valence-electron chi connectivity index (χ4n) is 7.26. The van der Waals surface area contributed by atoms with Gasteiger partial charge in [-0.05, 0) is 85.4 Å². The molecule has 0 fully saturated rings. The van der Waals surface area contributed by atoms with Crippen LogP contribution in [0.2, 0.25) is 5.02 Å². The number of carbonyl (C=O) groups is 2. The van der Waals surface area contributed by atoms with Crippen molar-refractivity contribution >= 4 is 39.0 Å². The monoisotopic (exact) mass is 709 g/mol. The molecule has 1 unspecified atom stereocenters. The number of carbonyl (C=O) groups excluding carboxylic acids is 2. The van der Waals surface area contributed by atoms with Crippen molar-refractivity contribution in [2.75, 3.05) is 37.5 Å². The third-order valence-electron chi connectivity index (χ3n) is 9.78. The van der Waals surface area contributed by atoms with Crippen LogP contribution < -0.4 is 14.4 Å². The molecule has 3 aliphatic rings. The molecule has 262 valence electrons. The number of benzene rings is 2. The Bertz CT molecular complexity index is 1670. The van der Waals surface area contributed by atoms with Gasteiger partial charge >= 0.3 is 6.18 Å². The van der Waals surface area contributed by atoms with Gasteiger partial charge in [0, 0.05) is 36.2 Å². The molecule has 0 radical (unpaired) electrons. The van der Waals surface area contributed by atoms with E-state index >= 15 is 0 Å². The highest BCUT2D eigenvalue weighted by Gasteiger charge is 2.43. The Labute approximate surface area is 285 Å². The Balaban J connectivity index is 1.61. The number of halogens is 4. The first-order chi connectivity index (χ1) is 22.7. The summed E-state index contributed by atoms with van der Waals surface area (Å²) in [6, 6.07) is 10.9. The van der Waals surface area contributed by atoms with Crippen LogP contribution in [0.15, 0.2) is 52.9 Å². The summed E-state index contributed by atoms with van der Waals surface area (Å²) in [4.78, 5) is 28.1. The number of methoxy groups -OCH3 is 1. The van der Waals surface area contributed by atoms with E-state index in [0.717, 1.165) is 25.7 Å². The Morgan fingerprint density at radius 2 is 2.02 bits per heavy atom. The normalized spacial score (nSPS) is 28.9. The molecule has 0 saturated carbocycles. The van der Waals surface area contributed by atoms with Gasteiger partial charge < -0.3 is 14.4 Å². The quantitative estimate of drug-likeness (QED) is 0.332. The van der Waals surface area contributed by atoms with Gasteiger partial charge in [-0.3, -0.25) is 14.3 Å². The van der Waals surface area contributed by atoms with E-state index < -0.39 is 34.3 Å². The van der Waals surface area contributed by atoms with Crippen LogP contribution in [-0.4, -0.2) is 60.9 Å². The number of ether oxygens (including phenoxy) is 2. The van der Waals surface area contributed by atoms with E-state index in [0.29, 0.717) is 42.6 Å². The predicted octanol–water partition coefficient (Wildman–Crippen LogP) is 7.43. The first-order valence-electron chi connectivity index (χ1n) is 16.4. The van der Waals surface area contributed by atoms with Gasteiger partial charge in [0.15, 0.2) is 0 Å². The van der Waals surface area contributed by atoms with E-state index in [9.17, 15) is 27.0 Å². The molecular formula is C35H43ClF3N3O5S. The third-order valence-corrected chi connectivity index (χ3v) is 11.9. The minimum absolute atomic E-state index is 0.0924. The zero-order chi connectivity index (χ0) is 34.7. The summed E-state index contributed by atoms with van der Waals surface area (Å²) in [5.74, 6) is -1.84. The maximum Gasteiger partial charge on any atom is 0.397 e. The van der Waals surface area contributed by atoms with Gasteiger partial charge in [0.2, 0.25) is 5.91 Å². The second kappa shape index (κ2) is 14.8. The minimum Gasteiger partial charge on any atom is -0.490 e. The summed E-state index contributed by atoms with van der Waals surface area (Å²) in [6.45, 7) is 5.95. The molecule has 5 atom stereocenters. The van der Waals surface area contributed by atoms with E-state index in [4.69, 9.17) is 21.1 Å². The van der Waals surface area contributed by atoms with Crippen LogP contribution in [0.4, 0.5) is 18.9 Å². The molecule has 48 heavy (non-hydrogen) atoms. The highest BCUT2D eigenvalue weighted by atomic mass is 35.5. The number of anilines is 1. The van der Waals surface area contributed by atoms with Gasteiger partial charge in [0.05, 0.1) is 24.2 Å². The zero-order valence-electron chi connectivity index (χ0n) is 27.5. The second-order valence-corrected chi connectivity index (χ2v) is 15.7. The van der Waals surface area contributed by atoms with E-state index in [-0.39, 0.29) is 41.1 Å². The fraction of sp³-hybridized carbons (Fsp3) is 0.543. The van der Waals surface area contributed by atoms with Crippen molar-refractivity contribution in [2.45, 2.75) is 76.5 Å². The number of hydrogen-bond acceptors (Lipinski definition) is 6. The number of allylic oxidation sites excluding steroid dienone is 1. The SMILES string of the molecule is CC[C@H]1CN2C[C@@]3(CCCc4cc(Cl)ccc43)COc3ccc(cc32)C(=O)N=S(=O)(NC(=O)CC(F)(F)F)CCC/C=C\[C@H](OC)[C@@H]1C. The number of nitrogens with one attached hydrogen (secondary N) is 1. The summed E-state index contributed by atoms with van der Waals surface area (Å²) in [5.41, 5.74) is 2.79. The number of fused-ring (bicyclic) bond motifs is 3. The number of alkyl halides is 3. The largest absolute Gasteiger partial charge is 0.490 e. The first kappa shape index (κ1) is 36.2. The number of nitrogens with zero attached hydrogens (tertiary/aromatic N) is 2. The van der Waals surface area contributed by atoms with Crippen LogP contribution in [-0.2, 0) is 31.3 Å². The molecule has 2 heterocycles. The van der Waals surface area contributed by atoms with E-state index in [1.54, 1.807) is 19.2 Å². The molecule has 1 N–H and O–H groups in total. The Morgan fingerprint density at radius 3 is 2.75 bits per heavy atom. The van der Waals surface area contributed by atoms with Gasteiger partial charge in [-0.25, -0.2) is 4.21 Å². The predicted molar refractivity (Wildman–Crippen MR) is 181 cm³/mol. The molecule has 2 aliphatic heterocycles. The van der Waals surface area contributed by atoms with Gasteiger partial charge in [-0.2, -0.15) is 13.2 Å². The molecule has 8 nitrogen and oxygen atoms in total. The molecule has 2 aromatic carbocycles. The van der Waals surface area contributed by atoms with Crippen molar-refractivity contribution in [3.05, 3.63) is 70.3 Å². The van der Waals surface area contributed by atoms with Crippen molar-refractivity contribution in [3.63, 3.8) is 0 Å². The van der Waals surface area contributed by atoms with Crippen molar-refractivity contribution in [1.29, 1.82) is 0 Å². The Kier molecular flexibility index (Phi) is 11.2. The minimum atomic E-state index is -4.81. The van der Waals surface area contributed by atoms with Crippen LogP contribution in [0, 0.1) is 11.8 Å². The van der Waals surface area contributed by atoms with Gasteiger partial charge in [-0.1, -0.05) is 50.1 Å². The molecular weight excluding hydrogens is 667 g/mol. The summed E-state index contributed by atoms with van der Waals surface area (Å²) in [5, 5.41) is 0.685. The lowest BCUT2D eigenvalue weighted by molar-refractivity contribution is -0.152. The molecule has 13 heteroatoms. The van der Waals surface area contributed by atoms with Gasteiger partial charge in [0.25, 0.3) is 5.91 Å². The zero-order valence-corrected chi connectivity index (χ0v) is 29.1. The van der Waals surface area contributed by atoms with E-state index in [2.05, 4.69) is 29.2 Å². The van der Waals surface area contributed by atoms with Crippen LogP contribution in [0.25, 0.3) is 0 Å². The maximum absolute atomic E-state index is 13.8. The molecule has 2 amide bonds. The lowest BCUT2D eigenvalue weighted by atomic mass is 9.70. The highest BCUT2D eigenvalue weighted by molar-refractivity contribution is 7.92. The molecule has 2 bridgehead atoms. The van der Waals surface area contributed by atoms with Gasteiger partial charge in [-0.15, -0.1) is 4.36 Å². The summed E-state index contributed by atoms with van der Waals surface area (Å²) >= 11 is 6.40. The van der Waals surface area contributed by atoms with Gasteiger partial charge in [0.1, 0.15) is 22.1 Å². The average Bonchev–Trinajstić information content (AvgIpc) is 3.16. The van der Waals surface area contributed by atoms with Crippen LogP contribution in [0.1, 0.15) is 73.9 Å². The number of hydrogen-bond donors (Lipinski definition) is 1. The van der Waals surface area contributed by atoms with Crippen molar-refractivity contribution < 1.29 is 36.4 Å². The molecule has 0 aromatic heterocycles. The average molecular weight is 710 g/mol. The lowest BCUT2D eigenvalue weighted by Gasteiger charge is -2.42. The number of amides is 2. The van der Waals surface area contributed by atoms with Crippen molar-refractivity contribution in [2.24, 2.45) is 16.2 Å². The first-order valence-corrected chi connectivity index (χ1v) is 18.5. The van der Waals surface area contributed by atoms with Crippen molar-refractivity contribution in [3.8, 4) is 5.75 Å². The van der Waals surface area contributed by atoms with E-state index in [1.807, 2.05) is 29.0 Å². The van der Waals surface area contributed by atoms with Crippen LogP contribution >= 0.6 is 11.6 Å². The summed E-state index contributed by atoms with van der Waals surface area (Å²) in [6.07, 6.45) is 1.20.